The molecule has 0 spiro atoms. The van der Waals surface area contributed by atoms with E-state index in [0.29, 0.717) is 18.6 Å². The minimum Gasteiger partial charge on any atom is -0.494 e. The van der Waals surface area contributed by atoms with E-state index in [-0.39, 0.29) is 11.0 Å². The number of rotatable bonds is 4. The van der Waals surface area contributed by atoms with E-state index >= 15 is 0 Å². The van der Waals surface area contributed by atoms with Crippen molar-refractivity contribution in [1.82, 2.24) is 0 Å². The second-order valence-electron chi connectivity index (χ2n) is 2.72. The van der Waals surface area contributed by atoms with Crippen molar-refractivity contribution < 1.29 is 19.6 Å². The summed E-state index contributed by atoms with van der Waals surface area (Å²) in [6, 6.07) is 4.52. The van der Waals surface area contributed by atoms with Crippen molar-refractivity contribution in [2.75, 3.05) is 6.61 Å². The van der Waals surface area contributed by atoms with E-state index in [0.717, 1.165) is 0 Å². The van der Waals surface area contributed by atoms with Crippen molar-refractivity contribution in [3.63, 3.8) is 0 Å². The Morgan fingerprint density at radius 1 is 1.50 bits per heavy atom. The largest absolute Gasteiger partial charge is 0.494 e. The van der Waals surface area contributed by atoms with Gasteiger partial charge < -0.3 is 14.8 Å². The zero-order valence-electron chi connectivity index (χ0n) is 7.80. The summed E-state index contributed by atoms with van der Waals surface area (Å²) in [5.41, 5.74) is 0.411. The minimum absolute atomic E-state index is 0.184. The molecule has 0 unspecified atom stereocenters. The van der Waals surface area contributed by atoms with Gasteiger partial charge in [0.2, 0.25) is 0 Å². The third-order valence-corrected chi connectivity index (χ3v) is 1.77. The van der Waals surface area contributed by atoms with Crippen LogP contribution in [0.3, 0.4) is 0 Å². The van der Waals surface area contributed by atoms with Crippen LogP contribution in [0, 0.1) is 0 Å². The molecule has 0 saturated carbocycles. The van der Waals surface area contributed by atoms with E-state index in [2.05, 4.69) is 0 Å². The summed E-state index contributed by atoms with van der Waals surface area (Å²) in [5.74, 6) is 0.541. The fraction of sp³-hybridized carbons (Fsp3) is 0.222. The number of hydrogen-bond donors (Lipinski definition) is 2. The van der Waals surface area contributed by atoms with Gasteiger partial charge in [0.25, 0.3) is 0 Å². The summed E-state index contributed by atoms with van der Waals surface area (Å²) in [7, 11) is -1.63. The first-order valence-electron chi connectivity index (χ1n) is 4.27. The molecule has 1 aromatic carbocycles. The number of aldehydes is 1. The molecule has 74 valence electrons. The lowest BCUT2D eigenvalue weighted by Crippen LogP contribution is -2.32. The van der Waals surface area contributed by atoms with Crippen molar-refractivity contribution in [2.24, 2.45) is 0 Å². The number of hydrogen-bond acceptors (Lipinski definition) is 4. The highest BCUT2D eigenvalue weighted by Gasteiger charge is 2.15. The number of carbonyl (C=O) groups is 1. The fourth-order valence-corrected chi connectivity index (χ4v) is 1.15. The lowest BCUT2D eigenvalue weighted by atomic mass is 9.77. The number of benzene rings is 1. The van der Waals surface area contributed by atoms with Gasteiger partial charge in [0, 0.05) is 5.56 Å². The third-order valence-electron chi connectivity index (χ3n) is 1.77. The van der Waals surface area contributed by atoms with Crippen LogP contribution >= 0.6 is 0 Å². The lowest BCUT2D eigenvalue weighted by Gasteiger charge is -2.07. The Balaban J connectivity index is 3.05. The predicted molar refractivity (Wildman–Crippen MR) is 52.8 cm³/mol. The van der Waals surface area contributed by atoms with Gasteiger partial charge in [-0.05, 0) is 24.5 Å². The molecular weight excluding hydrogens is 183 g/mol. The first-order valence-corrected chi connectivity index (χ1v) is 4.27. The van der Waals surface area contributed by atoms with E-state index in [1.807, 2.05) is 6.92 Å². The average Bonchev–Trinajstić information content (AvgIpc) is 2.17. The van der Waals surface area contributed by atoms with Crippen molar-refractivity contribution in [1.29, 1.82) is 0 Å². The Bertz CT molecular complexity index is 325. The first-order chi connectivity index (χ1) is 6.69. The SMILES string of the molecule is CCOc1ccc(B(O)O)c(C=O)c1. The second kappa shape index (κ2) is 4.78. The molecule has 0 saturated heterocycles. The predicted octanol–water partition coefficient (Wildman–Crippen LogP) is -0.422. The minimum atomic E-state index is -1.63. The van der Waals surface area contributed by atoms with Crippen LogP contribution in [0.15, 0.2) is 18.2 Å². The number of carbonyl (C=O) groups excluding carboxylic acids is 1. The maximum Gasteiger partial charge on any atom is 0.489 e. The molecule has 5 heteroatoms. The average molecular weight is 194 g/mol. The Labute approximate surface area is 82.3 Å². The Morgan fingerprint density at radius 3 is 2.71 bits per heavy atom. The normalized spacial score (nSPS) is 9.64. The van der Waals surface area contributed by atoms with Gasteiger partial charge in [-0.1, -0.05) is 6.07 Å². The van der Waals surface area contributed by atoms with Crippen LogP contribution in [0.1, 0.15) is 17.3 Å². The summed E-state index contributed by atoms with van der Waals surface area (Å²) >= 11 is 0. The maximum atomic E-state index is 10.6. The molecule has 4 nitrogen and oxygen atoms in total. The quantitative estimate of drug-likeness (QED) is 0.504. The molecule has 0 aliphatic carbocycles. The summed E-state index contributed by atoms with van der Waals surface area (Å²) < 4.78 is 5.16. The fourth-order valence-electron chi connectivity index (χ4n) is 1.15. The van der Waals surface area contributed by atoms with Gasteiger partial charge in [0.05, 0.1) is 6.61 Å². The van der Waals surface area contributed by atoms with Crippen LogP contribution in [-0.4, -0.2) is 30.1 Å². The zero-order chi connectivity index (χ0) is 10.6. The Hall–Kier alpha value is -1.33. The van der Waals surface area contributed by atoms with E-state index in [1.54, 1.807) is 6.07 Å². The molecule has 0 atom stereocenters. The molecule has 1 aromatic rings. The van der Waals surface area contributed by atoms with Crippen LogP contribution in [0.2, 0.25) is 0 Å². The van der Waals surface area contributed by atoms with Crippen molar-refractivity contribution in [3.05, 3.63) is 23.8 Å². The molecule has 0 radical (unpaired) electrons. The molecule has 1 rings (SSSR count). The molecule has 0 heterocycles. The molecule has 0 amide bonds. The van der Waals surface area contributed by atoms with Crippen LogP contribution < -0.4 is 10.2 Å². The molecule has 0 fully saturated rings. The molecule has 0 aromatic heterocycles. The molecule has 2 N–H and O–H groups in total. The summed E-state index contributed by atoms with van der Waals surface area (Å²) in [6.07, 6.45) is 0.567. The molecule has 0 aliphatic heterocycles. The Kier molecular flexibility index (Phi) is 3.68. The van der Waals surface area contributed by atoms with Crippen molar-refractivity contribution >= 4 is 18.9 Å². The molecule has 14 heavy (non-hydrogen) atoms. The van der Waals surface area contributed by atoms with Crippen LogP contribution in [-0.2, 0) is 0 Å². The van der Waals surface area contributed by atoms with Gasteiger partial charge in [-0.3, -0.25) is 4.79 Å². The van der Waals surface area contributed by atoms with E-state index in [9.17, 15) is 4.79 Å². The van der Waals surface area contributed by atoms with Gasteiger partial charge in [0.1, 0.15) is 12.0 Å². The summed E-state index contributed by atoms with van der Waals surface area (Å²) in [4.78, 5) is 10.6. The highest BCUT2D eigenvalue weighted by Crippen LogP contribution is 2.10. The molecular formula is C9H11BO4. The lowest BCUT2D eigenvalue weighted by molar-refractivity contribution is 0.112. The monoisotopic (exact) mass is 194 g/mol. The smallest absolute Gasteiger partial charge is 0.489 e. The van der Waals surface area contributed by atoms with Gasteiger partial charge in [-0.15, -0.1) is 0 Å². The van der Waals surface area contributed by atoms with E-state index < -0.39 is 7.12 Å². The van der Waals surface area contributed by atoms with Gasteiger partial charge in [0.15, 0.2) is 0 Å². The van der Waals surface area contributed by atoms with Crippen molar-refractivity contribution in [3.8, 4) is 5.75 Å². The van der Waals surface area contributed by atoms with Crippen LogP contribution in [0.25, 0.3) is 0 Å². The maximum absolute atomic E-state index is 10.6. The topological polar surface area (TPSA) is 66.8 Å². The van der Waals surface area contributed by atoms with Crippen LogP contribution in [0.5, 0.6) is 5.75 Å². The number of ether oxygens (including phenoxy) is 1. The van der Waals surface area contributed by atoms with E-state index in [1.165, 1.54) is 12.1 Å². The van der Waals surface area contributed by atoms with E-state index in [4.69, 9.17) is 14.8 Å². The van der Waals surface area contributed by atoms with Crippen LogP contribution in [0.4, 0.5) is 0 Å². The highest BCUT2D eigenvalue weighted by molar-refractivity contribution is 6.60. The highest BCUT2D eigenvalue weighted by atomic mass is 16.5. The van der Waals surface area contributed by atoms with Gasteiger partial charge >= 0.3 is 7.12 Å². The summed E-state index contributed by atoms with van der Waals surface area (Å²) in [6.45, 7) is 2.33. The van der Waals surface area contributed by atoms with Gasteiger partial charge in [-0.25, -0.2) is 0 Å². The Morgan fingerprint density at radius 2 is 2.21 bits per heavy atom. The first kappa shape index (κ1) is 10.8. The summed E-state index contributed by atoms with van der Waals surface area (Å²) in [5, 5.41) is 17.8. The third kappa shape index (κ3) is 2.34. The van der Waals surface area contributed by atoms with Crippen molar-refractivity contribution in [2.45, 2.75) is 6.92 Å². The standard InChI is InChI=1S/C9H11BO4/c1-2-14-8-3-4-9(10(12)13)7(5-8)6-11/h3-6,12-13H,2H2,1H3. The zero-order valence-corrected chi connectivity index (χ0v) is 7.80. The second-order valence-corrected chi connectivity index (χ2v) is 2.72. The molecule has 0 bridgehead atoms. The molecule has 0 aliphatic rings. The van der Waals surface area contributed by atoms with Gasteiger partial charge in [-0.2, -0.15) is 0 Å².